The summed E-state index contributed by atoms with van der Waals surface area (Å²) in [4.78, 5) is 13.7. The molecule has 108 valence electrons. The van der Waals surface area contributed by atoms with Gasteiger partial charge in [-0.3, -0.25) is 9.71 Å². The Morgan fingerprint density at radius 2 is 2.20 bits per heavy atom. The van der Waals surface area contributed by atoms with Crippen molar-refractivity contribution in [1.82, 2.24) is 9.29 Å². The van der Waals surface area contributed by atoms with E-state index in [2.05, 4.69) is 9.71 Å². The van der Waals surface area contributed by atoms with E-state index in [4.69, 9.17) is 4.42 Å². The maximum absolute atomic E-state index is 12.2. The van der Waals surface area contributed by atoms with E-state index in [1.807, 2.05) is 0 Å². The van der Waals surface area contributed by atoms with Crippen molar-refractivity contribution in [3.8, 4) is 0 Å². The minimum atomic E-state index is -3.64. The number of hydrogen-bond acceptors (Lipinski definition) is 4. The Bertz CT molecular complexity index is 788. The SMILES string of the molecule is CN(CC1CC1)S(=O)(=O)Nc1cccc2[nH]c(=O)oc12. The fourth-order valence-electron chi connectivity index (χ4n) is 2.03. The number of fused-ring (bicyclic) bond motifs is 1. The van der Waals surface area contributed by atoms with Crippen LogP contribution in [0.4, 0.5) is 5.69 Å². The van der Waals surface area contributed by atoms with Crippen LogP contribution in [-0.4, -0.2) is 31.3 Å². The van der Waals surface area contributed by atoms with Gasteiger partial charge in [0, 0.05) is 13.6 Å². The third-order valence-corrected chi connectivity index (χ3v) is 4.76. The molecule has 1 saturated carbocycles. The first kappa shape index (κ1) is 13.2. The summed E-state index contributed by atoms with van der Waals surface area (Å²) in [5.41, 5.74) is 0.921. The molecule has 1 aliphatic carbocycles. The lowest BCUT2D eigenvalue weighted by Gasteiger charge is -2.17. The van der Waals surface area contributed by atoms with E-state index in [9.17, 15) is 13.2 Å². The largest absolute Gasteiger partial charge is 0.417 e. The molecule has 7 nitrogen and oxygen atoms in total. The van der Waals surface area contributed by atoms with Crippen LogP contribution < -0.4 is 10.5 Å². The molecule has 1 fully saturated rings. The van der Waals surface area contributed by atoms with Crippen LogP contribution in [-0.2, 0) is 10.2 Å². The predicted octanol–water partition coefficient (Wildman–Crippen LogP) is 1.12. The number of nitrogens with zero attached hydrogens (tertiary/aromatic N) is 1. The van der Waals surface area contributed by atoms with Gasteiger partial charge in [0.25, 0.3) is 0 Å². The standard InChI is InChI=1S/C12H15N3O4S/c1-15(7-8-5-6-8)20(17,18)14-10-4-2-3-9-11(10)19-12(16)13-9/h2-4,8,14H,5-7H2,1H3,(H,13,16). The molecule has 1 heterocycles. The molecule has 8 heteroatoms. The molecular formula is C12H15N3O4S. The van der Waals surface area contributed by atoms with Crippen LogP contribution in [0.25, 0.3) is 11.1 Å². The Morgan fingerprint density at radius 1 is 1.45 bits per heavy atom. The number of hydrogen-bond donors (Lipinski definition) is 2. The van der Waals surface area contributed by atoms with Gasteiger partial charge in [-0.15, -0.1) is 0 Å². The monoisotopic (exact) mass is 297 g/mol. The number of H-pyrrole nitrogens is 1. The molecule has 0 atom stereocenters. The molecule has 0 saturated heterocycles. The zero-order valence-electron chi connectivity index (χ0n) is 10.9. The van der Waals surface area contributed by atoms with E-state index in [0.29, 0.717) is 18.0 Å². The average Bonchev–Trinajstić information content (AvgIpc) is 3.08. The topological polar surface area (TPSA) is 95.4 Å². The van der Waals surface area contributed by atoms with Gasteiger partial charge in [-0.25, -0.2) is 4.79 Å². The Hall–Kier alpha value is -1.80. The van der Waals surface area contributed by atoms with Crippen molar-refractivity contribution in [2.24, 2.45) is 5.92 Å². The Balaban J connectivity index is 1.89. The highest BCUT2D eigenvalue weighted by Crippen LogP contribution is 2.30. The minimum absolute atomic E-state index is 0.209. The molecule has 0 radical (unpaired) electrons. The number of benzene rings is 1. The van der Waals surface area contributed by atoms with Crippen LogP contribution in [0.5, 0.6) is 0 Å². The third-order valence-electron chi connectivity index (χ3n) is 3.31. The van der Waals surface area contributed by atoms with Gasteiger partial charge in [-0.05, 0) is 30.9 Å². The second kappa shape index (κ2) is 4.64. The van der Waals surface area contributed by atoms with Crippen LogP contribution in [0, 0.1) is 5.92 Å². The van der Waals surface area contributed by atoms with Crippen molar-refractivity contribution < 1.29 is 12.8 Å². The lowest BCUT2D eigenvalue weighted by molar-refractivity contribution is 0.457. The zero-order chi connectivity index (χ0) is 14.3. The van der Waals surface area contributed by atoms with E-state index in [-0.39, 0.29) is 11.3 Å². The van der Waals surface area contributed by atoms with Crippen molar-refractivity contribution in [1.29, 1.82) is 0 Å². The highest BCUT2D eigenvalue weighted by molar-refractivity contribution is 7.90. The van der Waals surface area contributed by atoms with Crippen LogP contribution >= 0.6 is 0 Å². The summed E-state index contributed by atoms with van der Waals surface area (Å²) in [6.45, 7) is 0.502. The smallest absolute Gasteiger partial charge is 0.406 e. The number of oxazole rings is 1. The number of nitrogens with one attached hydrogen (secondary N) is 2. The number of para-hydroxylation sites is 1. The third kappa shape index (κ3) is 2.56. The summed E-state index contributed by atoms with van der Waals surface area (Å²) in [7, 11) is -2.11. The molecular weight excluding hydrogens is 282 g/mol. The fraction of sp³-hybridized carbons (Fsp3) is 0.417. The molecule has 1 aromatic carbocycles. The number of anilines is 1. The van der Waals surface area contributed by atoms with Gasteiger partial charge in [-0.2, -0.15) is 12.7 Å². The Morgan fingerprint density at radius 3 is 2.90 bits per heavy atom. The first-order chi connectivity index (χ1) is 9.45. The van der Waals surface area contributed by atoms with Gasteiger partial charge >= 0.3 is 16.0 Å². The van der Waals surface area contributed by atoms with Crippen LogP contribution in [0.3, 0.4) is 0 Å². The highest BCUT2D eigenvalue weighted by Gasteiger charge is 2.28. The highest BCUT2D eigenvalue weighted by atomic mass is 32.2. The summed E-state index contributed by atoms with van der Waals surface area (Å²) in [5.74, 6) is -0.157. The summed E-state index contributed by atoms with van der Waals surface area (Å²) in [6, 6.07) is 4.85. The molecule has 0 aliphatic heterocycles. The molecule has 1 aromatic heterocycles. The molecule has 0 spiro atoms. The first-order valence-electron chi connectivity index (χ1n) is 6.31. The van der Waals surface area contributed by atoms with Crippen molar-refractivity contribution >= 4 is 27.0 Å². The van der Waals surface area contributed by atoms with E-state index in [1.54, 1.807) is 18.2 Å². The van der Waals surface area contributed by atoms with E-state index in [0.717, 1.165) is 12.8 Å². The van der Waals surface area contributed by atoms with Gasteiger partial charge in [0.1, 0.15) is 0 Å². The lowest BCUT2D eigenvalue weighted by Crippen LogP contribution is -2.34. The summed E-state index contributed by atoms with van der Waals surface area (Å²) in [5, 5.41) is 0. The number of aromatic nitrogens is 1. The molecule has 20 heavy (non-hydrogen) atoms. The van der Waals surface area contributed by atoms with Crippen molar-refractivity contribution in [2.45, 2.75) is 12.8 Å². The Labute approximate surface area is 115 Å². The number of aromatic amines is 1. The maximum Gasteiger partial charge on any atom is 0.417 e. The molecule has 0 amide bonds. The second-order valence-corrected chi connectivity index (χ2v) is 6.81. The fourth-order valence-corrected chi connectivity index (χ4v) is 3.03. The van der Waals surface area contributed by atoms with Gasteiger partial charge < -0.3 is 4.42 Å². The molecule has 0 bridgehead atoms. The molecule has 0 unspecified atom stereocenters. The average molecular weight is 297 g/mol. The molecule has 3 rings (SSSR count). The van der Waals surface area contributed by atoms with Gasteiger partial charge in [0.05, 0.1) is 11.2 Å². The Kier molecular flexibility index (Phi) is 3.06. The van der Waals surface area contributed by atoms with E-state index >= 15 is 0 Å². The van der Waals surface area contributed by atoms with Gasteiger partial charge in [-0.1, -0.05) is 6.07 Å². The molecule has 1 aliphatic rings. The zero-order valence-corrected chi connectivity index (χ0v) is 11.7. The lowest BCUT2D eigenvalue weighted by atomic mass is 10.3. The van der Waals surface area contributed by atoms with Crippen LogP contribution in [0.2, 0.25) is 0 Å². The van der Waals surface area contributed by atoms with Crippen molar-refractivity contribution in [3.63, 3.8) is 0 Å². The molecule has 2 N–H and O–H groups in total. The van der Waals surface area contributed by atoms with E-state index < -0.39 is 16.0 Å². The minimum Gasteiger partial charge on any atom is -0.406 e. The van der Waals surface area contributed by atoms with Gasteiger partial charge in [0.15, 0.2) is 5.58 Å². The number of rotatable bonds is 5. The van der Waals surface area contributed by atoms with Crippen LogP contribution in [0.1, 0.15) is 12.8 Å². The normalized spacial score (nSPS) is 15.9. The van der Waals surface area contributed by atoms with Crippen LogP contribution in [0.15, 0.2) is 27.4 Å². The van der Waals surface area contributed by atoms with Gasteiger partial charge in [0.2, 0.25) is 0 Å². The summed E-state index contributed by atoms with van der Waals surface area (Å²) in [6.07, 6.45) is 2.14. The maximum atomic E-state index is 12.2. The quantitative estimate of drug-likeness (QED) is 0.864. The second-order valence-electron chi connectivity index (χ2n) is 5.03. The van der Waals surface area contributed by atoms with Crippen molar-refractivity contribution in [3.05, 3.63) is 28.7 Å². The molecule has 2 aromatic rings. The predicted molar refractivity (Wildman–Crippen MR) is 74.7 cm³/mol. The first-order valence-corrected chi connectivity index (χ1v) is 7.75. The van der Waals surface area contributed by atoms with E-state index in [1.165, 1.54) is 11.4 Å². The summed E-state index contributed by atoms with van der Waals surface area (Å²) >= 11 is 0. The summed E-state index contributed by atoms with van der Waals surface area (Å²) < 4.78 is 33.1. The van der Waals surface area contributed by atoms with Crippen molar-refractivity contribution in [2.75, 3.05) is 18.3 Å².